The van der Waals surface area contributed by atoms with E-state index in [1.807, 2.05) is 0 Å². The zero-order valence-corrected chi connectivity index (χ0v) is 62.9. The van der Waals surface area contributed by atoms with Crippen LogP contribution in [0.2, 0.25) is 0 Å². The molecule has 17 nitrogen and oxygen atoms in total. The van der Waals surface area contributed by atoms with Gasteiger partial charge < -0.3 is 33.8 Å². The van der Waals surface area contributed by atoms with Crippen molar-refractivity contribution in [2.75, 3.05) is 39.6 Å². The lowest BCUT2D eigenvalue weighted by Gasteiger charge is -2.21. The molecule has 0 aliphatic carbocycles. The molecule has 0 aliphatic rings. The van der Waals surface area contributed by atoms with Gasteiger partial charge in [-0.1, -0.05) is 343 Å². The minimum absolute atomic E-state index is 0.106. The smallest absolute Gasteiger partial charge is 0.462 e. The Kier molecular flexibility index (Phi) is 66.8. The lowest BCUT2D eigenvalue weighted by atomic mass is 10.00. The summed E-state index contributed by atoms with van der Waals surface area (Å²) in [7, 11) is -9.91. The SMILES string of the molecule is CCCCCCCCCCCCCCCCCCCC(=O)O[C@H](COC(=O)CCCCCCCCCCCCCCCCCC)COP(=O)(O)OC[C@@H](O)COP(=O)(O)OC[C@@H](COC(=O)CCCCCCCCC(C)CC)OC(=O)CCCCCCCCCCCCC. The molecular weight excluding hydrogens is 1230 g/mol. The van der Waals surface area contributed by atoms with E-state index >= 15 is 0 Å². The Balaban J connectivity index is 5.23. The van der Waals surface area contributed by atoms with Crippen LogP contribution >= 0.6 is 15.6 Å². The zero-order chi connectivity index (χ0) is 69.1. The summed E-state index contributed by atoms with van der Waals surface area (Å²) < 4.78 is 68.5. The predicted octanol–water partition coefficient (Wildman–Crippen LogP) is 22.1. The van der Waals surface area contributed by atoms with E-state index in [2.05, 4.69) is 34.6 Å². The number of ether oxygens (including phenoxy) is 4. The molecule has 3 N–H and O–H groups in total. The third-order valence-electron chi connectivity index (χ3n) is 17.9. The molecule has 0 aromatic rings. The molecule has 0 saturated heterocycles. The second-order valence-electron chi connectivity index (χ2n) is 27.3. The number of hydrogen-bond acceptors (Lipinski definition) is 15. The van der Waals surface area contributed by atoms with E-state index < -0.39 is 97.5 Å². The molecule has 6 atom stereocenters. The molecular formula is C75H146O17P2. The molecule has 558 valence electrons. The number of esters is 4. The van der Waals surface area contributed by atoms with E-state index in [9.17, 15) is 43.2 Å². The summed E-state index contributed by atoms with van der Waals surface area (Å²) >= 11 is 0. The quantitative estimate of drug-likeness (QED) is 0.0222. The van der Waals surface area contributed by atoms with Crippen LogP contribution in [0.5, 0.6) is 0 Å². The van der Waals surface area contributed by atoms with Crippen molar-refractivity contribution in [1.29, 1.82) is 0 Å². The van der Waals surface area contributed by atoms with E-state index in [1.165, 1.54) is 212 Å². The van der Waals surface area contributed by atoms with Crippen LogP contribution in [-0.2, 0) is 65.4 Å². The molecule has 0 rings (SSSR count). The summed E-state index contributed by atoms with van der Waals surface area (Å²) in [6.07, 6.45) is 56.8. The molecule has 0 aliphatic heterocycles. The molecule has 0 fully saturated rings. The number of carbonyl (C=O) groups excluding carboxylic acids is 4. The normalized spacial score (nSPS) is 14.3. The van der Waals surface area contributed by atoms with Gasteiger partial charge in [0.25, 0.3) is 0 Å². The molecule has 0 aromatic heterocycles. The maximum absolute atomic E-state index is 13.1. The first kappa shape index (κ1) is 92.1. The van der Waals surface area contributed by atoms with Crippen molar-refractivity contribution in [1.82, 2.24) is 0 Å². The fraction of sp³-hybridized carbons (Fsp3) is 0.947. The molecule has 0 radical (unpaired) electrons. The highest BCUT2D eigenvalue weighted by Gasteiger charge is 2.30. The number of unbranched alkanes of at least 4 members (excludes halogenated alkanes) is 46. The lowest BCUT2D eigenvalue weighted by Crippen LogP contribution is -2.30. The van der Waals surface area contributed by atoms with Crippen molar-refractivity contribution in [2.45, 2.75) is 412 Å². The number of aliphatic hydroxyl groups is 1. The van der Waals surface area contributed by atoms with Gasteiger partial charge in [0, 0.05) is 25.7 Å². The molecule has 0 aromatic carbocycles. The summed E-state index contributed by atoms with van der Waals surface area (Å²) in [5.74, 6) is -1.38. The largest absolute Gasteiger partial charge is 0.472 e. The van der Waals surface area contributed by atoms with Crippen LogP contribution in [0.4, 0.5) is 0 Å². The van der Waals surface area contributed by atoms with Gasteiger partial charge in [-0.3, -0.25) is 37.3 Å². The Morgan fingerprint density at radius 3 is 0.755 bits per heavy atom. The van der Waals surface area contributed by atoms with Gasteiger partial charge in [-0.05, 0) is 31.6 Å². The topological polar surface area (TPSA) is 237 Å². The van der Waals surface area contributed by atoms with E-state index in [0.29, 0.717) is 25.7 Å². The van der Waals surface area contributed by atoms with Crippen molar-refractivity contribution < 1.29 is 80.2 Å². The van der Waals surface area contributed by atoms with Gasteiger partial charge in [0.05, 0.1) is 26.4 Å². The van der Waals surface area contributed by atoms with Crippen molar-refractivity contribution >= 4 is 39.5 Å². The molecule has 0 amide bonds. The average molecular weight is 1380 g/mol. The molecule has 3 unspecified atom stereocenters. The van der Waals surface area contributed by atoms with E-state index in [1.54, 1.807) is 0 Å². The highest BCUT2D eigenvalue weighted by Crippen LogP contribution is 2.45. The van der Waals surface area contributed by atoms with Gasteiger partial charge in [-0.15, -0.1) is 0 Å². The summed E-state index contributed by atoms with van der Waals surface area (Å²) in [4.78, 5) is 72.7. The number of hydrogen-bond donors (Lipinski definition) is 3. The predicted molar refractivity (Wildman–Crippen MR) is 382 cm³/mol. The fourth-order valence-corrected chi connectivity index (χ4v) is 13.1. The van der Waals surface area contributed by atoms with Crippen LogP contribution in [0.1, 0.15) is 394 Å². The highest BCUT2D eigenvalue weighted by atomic mass is 31.2. The van der Waals surface area contributed by atoms with E-state index in [4.69, 9.17) is 37.0 Å². The third kappa shape index (κ3) is 67.3. The van der Waals surface area contributed by atoms with Crippen molar-refractivity contribution in [2.24, 2.45) is 5.92 Å². The number of phosphoric acid groups is 2. The van der Waals surface area contributed by atoms with E-state index in [0.717, 1.165) is 102 Å². The Bertz CT molecular complexity index is 1810. The standard InChI is InChI=1S/C75H146O17P2/c1-6-10-13-16-19-22-25-27-29-31-33-35-38-41-44-51-56-61-75(80)91-70(64-85-72(77)58-53-48-42-39-37-34-32-30-28-26-23-20-17-14-11-7-2)66-89-93(81,82)87-62-69(76)63-88-94(83,84)90-67-71(65-86-73(78)59-54-49-46-45-47-52-57-68(5)9-4)92-74(79)60-55-50-43-40-36-24-21-18-15-12-8-3/h68-71,76H,6-67H2,1-5H3,(H,81,82)(H,83,84)/t68?,69-,70-,71-/m1/s1. The maximum Gasteiger partial charge on any atom is 0.472 e. The minimum Gasteiger partial charge on any atom is -0.462 e. The maximum atomic E-state index is 13.1. The summed E-state index contributed by atoms with van der Waals surface area (Å²) in [5.41, 5.74) is 0. The van der Waals surface area contributed by atoms with Crippen LogP contribution in [0, 0.1) is 5.92 Å². The molecule has 0 heterocycles. The van der Waals surface area contributed by atoms with Crippen LogP contribution in [-0.4, -0.2) is 96.7 Å². The lowest BCUT2D eigenvalue weighted by molar-refractivity contribution is -0.161. The fourth-order valence-electron chi connectivity index (χ4n) is 11.5. The monoisotopic (exact) mass is 1380 g/mol. The Hall–Kier alpha value is -1.94. The summed E-state index contributed by atoms with van der Waals surface area (Å²) in [5, 5.41) is 10.6. The average Bonchev–Trinajstić information content (AvgIpc) is 3.19. The van der Waals surface area contributed by atoms with Crippen molar-refractivity contribution in [3.05, 3.63) is 0 Å². The highest BCUT2D eigenvalue weighted by molar-refractivity contribution is 7.47. The van der Waals surface area contributed by atoms with Gasteiger partial charge in [0.2, 0.25) is 0 Å². The number of aliphatic hydroxyl groups excluding tert-OH is 1. The van der Waals surface area contributed by atoms with Gasteiger partial charge in [-0.25, -0.2) is 9.13 Å². The zero-order valence-electron chi connectivity index (χ0n) is 61.1. The third-order valence-corrected chi connectivity index (χ3v) is 19.8. The van der Waals surface area contributed by atoms with Gasteiger partial charge in [0.15, 0.2) is 12.2 Å². The summed E-state index contributed by atoms with van der Waals surface area (Å²) in [6, 6.07) is 0. The first-order chi connectivity index (χ1) is 45.6. The van der Waals surface area contributed by atoms with Crippen LogP contribution < -0.4 is 0 Å². The number of carbonyl (C=O) groups is 4. The van der Waals surface area contributed by atoms with Crippen LogP contribution in [0.15, 0.2) is 0 Å². The second-order valence-corrected chi connectivity index (χ2v) is 30.2. The minimum atomic E-state index is -4.96. The van der Waals surface area contributed by atoms with Crippen molar-refractivity contribution in [3.8, 4) is 0 Å². The Morgan fingerprint density at radius 2 is 0.511 bits per heavy atom. The first-order valence-electron chi connectivity index (χ1n) is 39.2. The number of rotatable bonds is 75. The van der Waals surface area contributed by atoms with Crippen molar-refractivity contribution in [3.63, 3.8) is 0 Å². The Morgan fingerprint density at radius 1 is 0.298 bits per heavy atom. The summed E-state index contributed by atoms with van der Waals surface area (Å²) in [6.45, 7) is 7.25. The molecule has 94 heavy (non-hydrogen) atoms. The molecule has 0 saturated carbocycles. The van der Waals surface area contributed by atoms with Crippen LogP contribution in [0.3, 0.4) is 0 Å². The first-order valence-corrected chi connectivity index (χ1v) is 42.2. The van der Waals surface area contributed by atoms with Gasteiger partial charge in [0.1, 0.15) is 19.3 Å². The second kappa shape index (κ2) is 68.2. The molecule has 0 spiro atoms. The molecule has 19 heteroatoms. The van der Waals surface area contributed by atoms with Gasteiger partial charge >= 0.3 is 39.5 Å². The van der Waals surface area contributed by atoms with E-state index in [-0.39, 0.29) is 25.7 Å². The van der Waals surface area contributed by atoms with Crippen LogP contribution in [0.25, 0.3) is 0 Å². The number of phosphoric ester groups is 2. The molecule has 0 bridgehead atoms. The van der Waals surface area contributed by atoms with Gasteiger partial charge in [-0.2, -0.15) is 0 Å². The Labute approximate surface area is 575 Å².